The minimum Gasteiger partial charge on any atom is -0.481 e. The summed E-state index contributed by atoms with van der Waals surface area (Å²) in [5.74, 6) is -0.798. The fraction of sp³-hybridized carbons (Fsp3) is 0.533. The lowest BCUT2D eigenvalue weighted by atomic mass is 10.00. The van der Waals surface area contributed by atoms with Crippen molar-refractivity contribution < 1.29 is 14.6 Å². The van der Waals surface area contributed by atoms with Crippen LogP contribution in [0.15, 0.2) is 24.3 Å². The van der Waals surface area contributed by atoms with Crippen LogP contribution in [0.4, 0.5) is 0 Å². The predicted molar refractivity (Wildman–Crippen MR) is 73.1 cm³/mol. The van der Waals surface area contributed by atoms with Crippen LogP contribution in [-0.4, -0.2) is 42.3 Å². The summed E-state index contributed by atoms with van der Waals surface area (Å²) < 4.78 is 5.30. The molecule has 1 aromatic rings. The maximum Gasteiger partial charge on any atom is 0.305 e. The normalized spacial score (nSPS) is 15.2. The Bertz CT molecular complexity index is 420. The fourth-order valence-corrected chi connectivity index (χ4v) is 2.40. The lowest BCUT2D eigenvalue weighted by molar-refractivity contribution is -0.138. The van der Waals surface area contributed by atoms with Crippen LogP contribution in [0.5, 0.6) is 0 Å². The van der Waals surface area contributed by atoms with E-state index >= 15 is 0 Å². The molecular formula is C15H21NO3. The molecule has 0 aromatic heterocycles. The van der Waals surface area contributed by atoms with Gasteiger partial charge in [0.25, 0.3) is 0 Å². The van der Waals surface area contributed by atoms with Crippen molar-refractivity contribution >= 4 is 5.97 Å². The molecule has 1 aliphatic heterocycles. The number of ether oxygens (including phenoxy) is 1. The predicted octanol–water partition coefficient (Wildman–Crippen LogP) is 1.93. The van der Waals surface area contributed by atoms with Gasteiger partial charge >= 0.3 is 5.97 Å². The van der Waals surface area contributed by atoms with E-state index in [4.69, 9.17) is 9.84 Å². The molecule has 1 aliphatic rings. The number of carbonyl (C=O) groups is 1. The van der Waals surface area contributed by atoms with E-state index in [0.717, 1.165) is 32.5 Å². The second kappa shape index (κ2) is 7.26. The zero-order valence-corrected chi connectivity index (χ0v) is 11.2. The van der Waals surface area contributed by atoms with Crippen molar-refractivity contribution in [3.8, 4) is 0 Å². The van der Waals surface area contributed by atoms with Crippen LogP contribution in [0, 0.1) is 0 Å². The van der Waals surface area contributed by atoms with Gasteiger partial charge in [-0.05, 0) is 24.0 Å². The van der Waals surface area contributed by atoms with Gasteiger partial charge in [-0.15, -0.1) is 0 Å². The highest BCUT2D eigenvalue weighted by molar-refractivity contribution is 5.66. The average molecular weight is 263 g/mol. The molecule has 0 fully saturated rings. The minimum atomic E-state index is -0.798. The molecule has 1 N–H and O–H groups in total. The Kier molecular flexibility index (Phi) is 5.36. The van der Waals surface area contributed by atoms with E-state index in [9.17, 15) is 4.79 Å². The molecule has 0 unspecified atom stereocenters. The third-order valence-corrected chi connectivity index (χ3v) is 3.43. The smallest absolute Gasteiger partial charge is 0.305 e. The average Bonchev–Trinajstić information content (AvgIpc) is 2.42. The molecule has 4 nitrogen and oxygen atoms in total. The van der Waals surface area contributed by atoms with E-state index in [1.807, 2.05) is 0 Å². The summed E-state index contributed by atoms with van der Waals surface area (Å²) in [5, 5.41) is 8.48. The standard InChI is InChI=1S/C15H21NO3/c17-15(18)7-11-19-10-3-8-16-9-6-13-4-1-2-5-14(13)12-16/h1-2,4-5H,3,6-12H2,(H,17,18). The number of hydrogen-bond donors (Lipinski definition) is 1. The summed E-state index contributed by atoms with van der Waals surface area (Å²) in [6.45, 7) is 4.10. The Morgan fingerprint density at radius 1 is 1.26 bits per heavy atom. The number of aliphatic carboxylic acids is 1. The molecule has 0 radical (unpaired) electrons. The van der Waals surface area contributed by atoms with Crippen LogP contribution in [-0.2, 0) is 22.5 Å². The first-order valence-corrected chi connectivity index (χ1v) is 6.84. The van der Waals surface area contributed by atoms with Crippen molar-refractivity contribution in [2.45, 2.75) is 25.8 Å². The molecular weight excluding hydrogens is 242 g/mol. The van der Waals surface area contributed by atoms with Crippen LogP contribution in [0.1, 0.15) is 24.0 Å². The molecule has 104 valence electrons. The Hall–Kier alpha value is -1.39. The summed E-state index contributed by atoms with van der Waals surface area (Å²) in [7, 11) is 0. The Labute approximate surface area is 114 Å². The first-order chi connectivity index (χ1) is 9.25. The van der Waals surface area contributed by atoms with E-state index in [-0.39, 0.29) is 6.42 Å². The topological polar surface area (TPSA) is 49.8 Å². The fourth-order valence-electron chi connectivity index (χ4n) is 2.40. The third-order valence-electron chi connectivity index (χ3n) is 3.43. The van der Waals surface area contributed by atoms with Crippen molar-refractivity contribution in [1.82, 2.24) is 4.90 Å². The van der Waals surface area contributed by atoms with Crippen molar-refractivity contribution in [2.24, 2.45) is 0 Å². The highest BCUT2D eigenvalue weighted by atomic mass is 16.5. The number of carboxylic acids is 1. The summed E-state index contributed by atoms with van der Waals surface area (Å²) in [6.07, 6.45) is 2.18. The highest BCUT2D eigenvalue weighted by Gasteiger charge is 2.14. The zero-order valence-electron chi connectivity index (χ0n) is 11.2. The second-order valence-electron chi connectivity index (χ2n) is 4.90. The van der Waals surface area contributed by atoms with E-state index in [2.05, 4.69) is 29.2 Å². The Morgan fingerprint density at radius 2 is 2.05 bits per heavy atom. The molecule has 0 saturated carbocycles. The van der Waals surface area contributed by atoms with Gasteiger partial charge in [0.2, 0.25) is 0 Å². The van der Waals surface area contributed by atoms with Crippen molar-refractivity contribution in [2.75, 3.05) is 26.3 Å². The number of benzene rings is 1. The monoisotopic (exact) mass is 263 g/mol. The molecule has 0 amide bonds. The molecule has 0 atom stereocenters. The van der Waals surface area contributed by atoms with Crippen LogP contribution in [0.25, 0.3) is 0 Å². The first kappa shape index (κ1) is 14.0. The number of fused-ring (bicyclic) bond motifs is 1. The van der Waals surface area contributed by atoms with Gasteiger partial charge in [-0.2, -0.15) is 0 Å². The largest absolute Gasteiger partial charge is 0.481 e. The zero-order chi connectivity index (χ0) is 13.5. The summed E-state index contributed by atoms with van der Waals surface area (Å²) in [5.41, 5.74) is 2.90. The molecule has 0 spiro atoms. The SMILES string of the molecule is O=C(O)CCOCCCN1CCc2ccccc2C1. The minimum absolute atomic E-state index is 0.0943. The van der Waals surface area contributed by atoms with Crippen LogP contribution >= 0.6 is 0 Å². The van der Waals surface area contributed by atoms with Gasteiger partial charge in [0, 0.05) is 26.2 Å². The maximum absolute atomic E-state index is 10.3. The van der Waals surface area contributed by atoms with Gasteiger partial charge in [-0.3, -0.25) is 9.69 Å². The van der Waals surface area contributed by atoms with E-state index in [0.29, 0.717) is 13.2 Å². The molecule has 0 bridgehead atoms. The number of nitrogens with zero attached hydrogens (tertiary/aromatic N) is 1. The Balaban J connectivity index is 1.62. The molecule has 1 aromatic carbocycles. The van der Waals surface area contributed by atoms with Gasteiger partial charge in [0.05, 0.1) is 13.0 Å². The summed E-state index contributed by atoms with van der Waals surface area (Å²) >= 11 is 0. The number of carboxylic acid groups (broad SMARTS) is 1. The summed E-state index contributed by atoms with van der Waals surface area (Å²) in [4.78, 5) is 12.7. The van der Waals surface area contributed by atoms with Crippen molar-refractivity contribution in [1.29, 1.82) is 0 Å². The number of hydrogen-bond acceptors (Lipinski definition) is 3. The van der Waals surface area contributed by atoms with Crippen molar-refractivity contribution in [3.63, 3.8) is 0 Å². The quantitative estimate of drug-likeness (QED) is 0.764. The second-order valence-corrected chi connectivity index (χ2v) is 4.90. The molecule has 0 aliphatic carbocycles. The lowest BCUT2D eigenvalue weighted by Gasteiger charge is -2.28. The summed E-state index contributed by atoms with van der Waals surface area (Å²) in [6, 6.07) is 8.61. The molecule has 4 heteroatoms. The molecule has 0 saturated heterocycles. The molecule has 2 rings (SSSR count). The van der Waals surface area contributed by atoms with Gasteiger partial charge in [-0.25, -0.2) is 0 Å². The highest BCUT2D eigenvalue weighted by Crippen LogP contribution is 2.18. The molecule has 1 heterocycles. The molecule has 19 heavy (non-hydrogen) atoms. The van der Waals surface area contributed by atoms with Crippen LogP contribution in [0.3, 0.4) is 0 Å². The number of rotatable bonds is 7. The van der Waals surface area contributed by atoms with Crippen molar-refractivity contribution in [3.05, 3.63) is 35.4 Å². The first-order valence-electron chi connectivity index (χ1n) is 6.84. The van der Waals surface area contributed by atoms with Gasteiger partial charge in [0.1, 0.15) is 0 Å². The van der Waals surface area contributed by atoms with E-state index in [1.54, 1.807) is 0 Å². The third kappa shape index (κ3) is 4.65. The van der Waals surface area contributed by atoms with E-state index in [1.165, 1.54) is 11.1 Å². The maximum atomic E-state index is 10.3. The van der Waals surface area contributed by atoms with Gasteiger partial charge in [0.15, 0.2) is 0 Å². The Morgan fingerprint density at radius 3 is 2.84 bits per heavy atom. The van der Waals surface area contributed by atoms with Gasteiger partial charge in [-0.1, -0.05) is 24.3 Å². The van der Waals surface area contributed by atoms with Gasteiger partial charge < -0.3 is 9.84 Å². The van der Waals surface area contributed by atoms with Crippen LogP contribution in [0.2, 0.25) is 0 Å². The van der Waals surface area contributed by atoms with E-state index < -0.39 is 5.97 Å². The van der Waals surface area contributed by atoms with Crippen LogP contribution < -0.4 is 0 Å². The lowest BCUT2D eigenvalue weighted by Crippen LogP contribution is -2.31.